The van der Waals surface area contributed by atoms with E-state index in [9.17, 15) is 4.79 Å². The summed E-state index contributed by atoms with van der Waals surface area (Å²) in [5.74, 6) is 0.0849. The average molecular weight is 324 g/mol. The summed E-state index contributed by atoms with van der Waals surface area (Å²) < 4.78 is 1.84. The van der Waals surface area contributed by atoms with Crippen molar-refractivity contribution >= 4 is 11.9 Å². The van der Waals surface area contributed by atoms with Crippen molar-refractivity contribution in [2.45, 2.75) is 25.9 Å². The van der Waals surface area contributed by atoms with E-state index in [1.54, 1.807) is 0 Å². The maximum Gasteiger partial charge on any atom is 0.278 e. The van der Waals surface area contributed by atoms with E-state index in [4.69, 9.17) is 5.11 Å². The highest BCUT2D eigenvalue weighted by Gasteiger charge is 2.27. The number of carbonyl (C=O) groups is 1. The van der Waals surface area contributed by atoms with Crippen LogP contribution in [0.15, 0.2) is 30.3 Å². The molecule has 122 valence electrons. The standard InChI is InChI=1S/C16H16N6O2/c23-9-13-17-16(20-19-13)18-15(24)14-11-7-4-8-12(11)22(21-14)10-5-2-1-3-6-10/h1-3,5-6,23H,4,7-9H2,(H2,17,18,19,20,24). The van der Waals surface area contributed by atoms with Crippen LogP contribution in [0.25, 0.3) is 5.69 Å². The summed E-state index contributed by atoms with van der Waals surface area (Å²) in [4.78, 5) is 16.5. The summed E-state index contributed by atoms with van der Waals surface area (Å²) in [5.41, 5.74) is 3.41. The predicted molar refractivity (Wildman–Crippen MR) is 85.8 cm³/mol. The molecule has 4 rings (SSSR count). The van der Waals surface area contributed by atoms with E-state index in [0.29, 0.717) is 11.5 Å². The molecule has 3 N–H and O–H groups in total. The fourth-order valence-corrected chi connectivity index (χ4v) is 2.99. The minimum absolute atomic E-state index is 0.130. The van der Waals surface area contributed by atoms with Crippen molar-refractivity contribution in [2.24, 2.45) is 0 Å². The number of nitrogens with one attached hydrogen (secondary N) is 2. The maximum atomic E-state index is 12.6. The van der Waals surface area contributed by atoms with Crippen LogP contribution in [-0.2, 0) is 19.4 Å². The van der Waals surface area contributed by atoms with Gasteiger partial charge in [-0.15, -0.1) is 5.10 Å². The molecular weight excluding hydrogens is 308 g/mol. The Labute approximate surface area is 137 Å². The Morgan fingerprint density at radius 2 is 2.12 bits per heavy atom. The van der Waals surface area contributed by atoms with Gasteiger partial charge in [-0.1, -0.05) is 18.2 Å². The molecule has 8 nitrogen and oxygen atoms in total. The first-order valence-corrected chi connectivity index (χ1v) is 7.76. The van der Waals surface area contributed by atoms with Crippen LogP contribution in [0.1, 0.15) is 34.0 Å². The molecule has 0 unspecified atom stereocenters. The number of hydrogen-bond acceptors (Lipinski definition) is 5. The molecule has 0 spiro atoms. The number of aromatic amines is 1. The van der Waals surface area contributed by atoms with Crippen molar-refractivity contribution in [2.75, 3.05) is 5.32 Å². The molecule has 0 bridgehead atoms. The quantitative estimate of drug-likeness (QED) is 0.669. The van der Waals surface area contributed by atoms with Crippen LogP contribution in [0.5, 0.6) is 0 Å². The molecule has 24 heavy (non-hydrogen) atoms. The highest BCUT2D eigenvalue weighted by Crippen LogP contribution is 2.28. The van der Waals surface area contributed by atoms with Gasteiger partial charge in [-0.05, 0) is 31.4 Å². The molecule has 0 radical (unpaired) electrons. The van der Waals surface area contributed by atoms with Gasteiger partial charge in [0.15, 0.2) is 11.5 Å². The van der Waals surface area contributed by atoms with E-state index in [-0.39, 0.29) is 18.5 Å². The number of hydrogen-bond donors (Lipinski definition) is 3. The third-order valence-corrected chi connectivity index (χ3v) is 4.05. The molecule has 1 amide bonds. The zero-order chi connectivity index (χ0) is 16.5. The van der Waals surface area contributed by atoms with Crippen LogP contribution >= 0.6 is 0 Å². The number of H-pyrrole nitrogens is 1. The Morgan fingerprint density at radius 3 is 2.88 bits per heavy atom. The number of aliphatic hydroxyl groups is 1. The first-order chi connectivity index (χ1) is 11.8. The topological polar surface area (TPSA) is 109 Å². The van der Waals surface area contributed by atoms with Crippen LogP contribution in [0, 0.1) is 0 Å². The van der Waals surface area contributed by atoms with Crippen molar-refractivity contribution in [3.63, 3.8) is 0 Å². The lowest BCUT2D eigenvalue weighted by Gasteiger charge is -2.04. The highest BCUT2D eigenvalue weighted by molar-refractivity contribution is 6.03. The second-order valence-corrected chi connectivity index (χ2v) is 5.59. The van der Waals surface area contributed by atoms with E-state index < -0.39 is 0 Å². The molecule has 1 aliphatic carbocycles. The van der Waals surface area contributed by atoms with Gasteiger partial charge in [0.05, 0.1) is 5.69 Å². The van der Waals surface area contributed by atoms with E-state index in [1.165, 1.54) is 0 Å². The van der Waals surface area contributed by atoms with Crippen LogP contribution in [0.2, 0.25) is 0 Å². The van der Waals surface area contributed by atoms with Gasteiger partial charge in [0.25, 0.3) is 5.91 Å². The molecule has 0 atom stereocenters. The SMILES string of the molecule is O=C(Nc1n[nH]c(CO)n1)c1nn(-c2ccccc2)c2c1CCC2. The zero-order valence-corrected chi connectivity index (χ0v) is 12.9. The molecule has 8 heteroatoms. The van der Waals surface area contributed by atoms with E-state index in [1.807, 2.05) is 35.0 Å². The summed E-state index contributed by atoms with van der Waals surface area (Å²) in [6.45, 7) is -0.263. The van der Waals surface area contributed by atoms with Gasteiger partial charge in [-0.2, -0.15) is 10.1 Å². The Hall–Kier alpha value is -3.00. The summed E-state index contributed by atoms with van der Waals surface area (Å²) in [6.07, 6.45) is 2.75. The first kappa shape index (κ1) is 14.6. The molecule has 1 aromatic carbocycles. The second-order valence-electron chi connectivity index (χ2n) is 5.59. The lowest BCUT2D eigenvalue weighted by Crippen LogP contribution is -2.16. The Morgan fingerprint density at radius 1 is 1.29 bits per heavy atom. The Kier molecular flexibility index (Phi) is 3.58. The fourth-order valence-electron chi connectivity index (χ4n) is 2.99. The summed E-state index contributed by atoms with van der Waals surface area (Å²) in [5, 5.41) is 22.5. The maximum absolute atomic E-state index is 12.6. The number of fused-ring (bicyclic) bond motifs is 1. The van der Waals surface area contributed by atoms with Gasteiger partial charge in [0.2, 0.25) is 5.95 Å². The number of nitrogens with zero attached hydrogens (tertiary/aromatic N) is 4. The van der Waals surface area contributed by atoms with Gasteiger partial charge in [0, 0.05) is 11.3 Å². The number of rotatable bonds is 4. The largest absolute Gasteiger partial charge is 0.388 e. The van der Waals surface area contributed by atoms with Crippen molar-refractivity contribution in [1.82, 2.24) is 25.0 Å². The molecule has 3 aromatic rings. The van der Waals surface area contributed by atoms with Crippen LogP contribution in [0.3, 0.4) is 0 Å². The minimum atomic E-state index is -0.341. The van der Waals surface area contributed by atoms with Gasteiger partial charge in [0.1, 0.15) is 6.61 Å². The van der Waals surface area contributed by atoms with E-state index in [2.05, 4.69) is 25.6 Å². The second kappa shape index (κ2) is 5.89. The zero-order valence-electron chi connectivity index (χ0n) is 12.9. The molecule has 0 saturated carbocycles. The number of anilines is 1. The fraction of sp³-hybridized carbons (Fsp3) is 0.250. The molecule has 2 aromatic heterocycles. The van der Waals surface area contributed by atoms with Crippen LogP contribution < -0.4 is 5.32 Å². The first-order valence-electron chi connectivity index (χ1n) is 7.76. The molecule has 0 aliphatic heterocycles. The minimum Gasteiger partial charge on any atom is -0.388 e. The monoisotopic (exact) mass is 324 g/mol. The third kappa shape index (κ3) is 2.46. The average Bonchev–Trinajstić information content (AvgIpc) is 3.31. The molecule has 0 fully saturated rings. The molecule has 0 saturated heterocycles. The van der Waals surface area contributed by atoms with Crippen molar-refractivity contribution in [3.8, 4) is 5.69 Å². The number of aromatic nitrogens is 5. The molecule has 2 heterocycles. The lowest BCUT2D eigenvalue weighted by molar-refractivity contribution is 0.102. The van der Waals surface area contributed by atoms with Gasteiger partial charge < -0.3 is 5.11 Å². The summed E-state index contributed by atoms with van der Waals surface area (Å²) in [6, 6.07) is 9.78. The van der Waals surface area contributed by atoms with Gasteiger partial charge in [-0.3, -0.25) is 15.2 Å². The lowest BCUT2D eigenvalue weighted by atomic mass is 10.2. The van der Waals surface area contributed by atoms with E-state index >= 15 is 0 Å². The normalized spacial score (nSPS) is 13.0. The van der Waals surface area contributed by atoms with E-state index in [0.717, 1.165) is 36.2 Å². The highest BCUT2D eigenvalue weighted by atomic mass is 16.3. The van der Waals surface area contributed by atoms with Crippen molar-refractivity contribution in [3.05, 3.63) is 53.1 Å². The predicted octanol–water partition coefficient (Wildman–Crippen LogP) is 1.22. The Bertz CT molecular complexity index is 883. The number of aliphatic hydroxyl groups excluding tert-OH is 1. The summed E-state index contributed by atoms with van der Waals surface area (Å²) in [7, 11) is 0. The number of para-hydroxylation sites is 1. The Balaban J connectivity index is 1.67. The van der Waals surface area contributed by atoms with Crippen molar-refractivity contribution in [1.29, 1.82) is 0 Å². The number of benzene rings is 1. The van der Waals surface area contributed by atoms with Crippen LogP contribution in [-0.4, -0.2) is 36.0 Å². The third-order valence-electron chi connectivity index (χ3n) is 4.05. The number of amides is 1. The molecule has 1 aliphatic rings. The summed E-state index contributed by atoms with van der Waals surface area (Å²) >= 11 is 0. The van der Waals surface area contributed by atoms with Gasteiger partial charge >= 0.3 is 0 Å². The smallest absolute Gasteiger partial charge is 0.278 e. The molecular formula is C16H16N6O2. The number of carbonyl (C=O) groups excluding carboxylic acids is 1. The van der Waals surface area contributed by atoms with Crippen LogP contribution in [0.4, 0.5) is 5.95 Å². The van der Waals surface area contributed by atoms with Crippen molar-refractivity contribution < 1.29 is 9.90 Å². The van der Waals surface area contributed by atoms with Gasteiger partial charge in [-0.25, -0.2) is 4.68 Å².